The maximum absolute atomic E-state index is 13.5. The summed E-state index contributed by atoms with van der Waals surface area (Å²) < 4.78 is 8.97. The summed E-state index contributed by atoms with van der Waals surface area (Å²) in [7, 11) is 0. The predicted molar refractivity (Wildman–Crippen MR) is 144 cm³/mol. The van der Waals surface area contributed by atoms with Gasteiger partial charge in [-0.15, -0.1) is 11.3 Å². The van der Waals surface area contributed by atoms with E-state index >= 15 is 0 Å². The van der Waals surface area contributed by atoms with E-state index in [1.165, 1.54) is 23.1 Å². The fourth-order valence-electron chi connectivity index (χ4n) is 4.24. The van der Waals surface area contributed by atoms with E-state index < -0.39 is 0 Å². The minimum atomic E-state index is -0.0578. The van der Waals surface area contributed by atoms with Gasteiger partial charge < -0.3 is 10.1 Å². The Labute approximate surface area is 216 Å². The number of aromatic nitrogens is 2. The topological polar surface area (TPSA) is 73.2 Å². The van der Waals surface area contributed by atoms with Crippen LogP contribution < -0.4 is 10.9 Å². The van der Waals surface area contributed by atoms with Gasteiger partial charge >= 0.3 is 0 Å². The molecule has 6 nitrogen and oxygen atoms in total. The molecule has 1 fully saturated rings. The number of thiophene rings is 1. The number of benzene rings is 2. The Morgan fingerprint density at radius 2 is 2.06 bits per heavy atom. The molecule has 0 bridgehead atoms. The summed E-state index contributed by atoms with van der Waals surface area (Å²) >= 11 is 9.33. The van der Waals surface area contributed by atoms with Crippen LogP contribution in [-0.2, 0) is 21.8 Å². The van der Waals surface area contributed by atoms with Gasteiger partial charge in [0, 0.05) is 47.0 Å². The predicted octanol–water partition coefficient (Wildman–Crippen LogP) is 5.63. The van der Waals surface area contributed by atoms with E-state index in [1.807, 2.05) is 48.5 Å². The SMILES string of the molecule is O=C(CCCn1c(SCc2ccccc2Cl)nc2c(sc3ccccc32)c1=O)NCC1CCCO1. The first kappa shape index (κ1) is 24.3. The molecule has 4 aromatic rings. The maximum Gasteiger partial charge on any atom is 0.272 e. The van der Waals surface area contributed by atoms with Crippen molar-refractivity contribution in [1.82, 2.24) is 14.9 Å². The zero-order chi connectivity index (χ0) is 24.2. The Morgan fingerprint density at radius 1 is 1.23 bits per heavy atom. The molecule has 1 aliphatic rings. The smallest absolute Gasteiger partial charge is 0.272 e. The van der Waals surface area contributed by atoms with Crippen molar-refractivity contribution in [2.45, 2.75) is 49.2 Å². The quantitative estimate of drug-likeness (QED) is 0.225. The number of hydrogen-bond acceptors (Lipinski definition) is 6. The van der Waals surface area contributed by atoms with E-state index in [1.54, 1.807) is 4.57 Å². The molecule has 1 aliphatic heterocycles. The van der Waals surface area contributed by atoms with Gasteiger partial charge in [-0.3, -0.25) is 14.2 Å². The lowest BCUT2D eigenvalue weighted by Gasteiger charge is -2.13. The van der Waals surface area contributed by atoms with Crippen molar-refractivity contribution < 1.29 is 9.53 Å². The fourth-order valence-corrected chi connectivity index (χ4v) is 6.63. The summed E-state index contributed by atoms with van der Waals surface area (Å²) in [6.45, 7) is 1.74. The standard InChI is InChI=1S/C26H26ClN3O3S2/c27-20-10-3-1-7-17(20)16-34-26-29-23-19-9-2-4-11-21(19)35-24(23)25(32)30(26)13-5-12-22(31)28-15-18-8-6-14-33-18/h1-4,7,9-11,18H,5-6,8,12-16H2,(H,28,31). The van der Waals surface area contributed by atoms with Crippen LogP contribution in [0.3, 0.4) is 0 Å². The number of ether oxygens (including phenoxy) is 1. The lowest BCUT2D eigenvalue weighted by atomic mass is 10.2. The number of nitrogens with zero attached hydrogens (tertiary/aromatic N) is 2. The number of rotatable bonds is 9. The lowest BCUT2D eigenvalue weighted by molar-refractivity contribution is -0.121. The zero-order valence-electron chi connectivity index (χ0n) is 19.2. The van der Waals surface area contributed by atoms with E-state index in [-0.39, 0.29) is 17.6 Å². The van der Waals surface area contributed by atoms with Crippen molar-refractivity contribution in [1.29, 1.82) is 0 Å². The number of amides is 1. The molecule has 0 spiro atoms. The number of nitrogens with one attached hydrogen (secondary N) is 1. The second-order valence-corrected chi connectivity index (χ2v) is 11.0. The van der Waals surface area contributed by atoms with Crippen LogP contribution in [0.2, 0.25) is 5.02 Å². The van der Waals surface area contributed by atoms with Crippen molar-refractivity contribution in [2.75, 3.05) is 13.2 Å². The molecule has 1 unspecified atom stereocenters. The minimum Gasteiger partial charge on any atom is -0.376 e. The first-order chi connectivity index (χ1) is 17.1. The molecule has 0 saturated carbocycles. The Balaban J connectivity index is 1.37. The molecule has 2 aromatic carbocycles. The number of fused-ring (bicyclic) bond motifs is 3. The lowest BCUT2D eigenvalue weighted by Crippen LogP contribution is -2.32. The van der Waals surface area contributed by atoms with Crippen LogP contribution >= 0.6 is 34.7 Å². The molecular weight excluding hydrogens is 502 g/mol. The van der Waals surface area contributed by atoms with Crippen LogP contribution in [0.4, 0.5) is 0 Å². The number of thioether (sulfide) groups is 1. The molecule has 3 heterocycles. The van der Waals surface area contributed by atoms with Crippen molar-refractivity contribution in [3.8, 4) is 0 Å². The van der Waals surface area contributed by atoms with Crippen LogP contribution in [0.5, 0.6) is 0 Å². The summed E-state index contributed by atoms with van der Waals surface area (Å²) in [5.74, 6) is 0.580. The van der Waals surface area contributed by atoms with Crippen LogP contribution in [0.1, 0.15) is 31.2 Å². The van der Waals surface area contributed by atoms with Gasteiger partial charge in [0.15, 0.2) is 5.16 Å². The van der Waals surface area contributed by atoms with Crippen LogP contribution in [0, 0.1) is 0 Å². The average molecular weight is 528 g/mol. The summed E-state index contributed by atoms with van der Waals surface area (Å²) in [4.78, 5) is 30.8. The third kappa shape index (κ3) is 5.56. The first-order valence-electron chi connectivity index (χ1n) is 11.8. The van der Waals surface area contributed by atoms with Crippen molar-refractivity contribution in [3.05, 3.63) is 69.5 Å². The molecule has 0 aliphatic carbocycles. The number of halogens is 1. The molecule has 35 heavy (non-hydrogen) atoms. The second-order valence-electron chi connectivity index (χ2n) is 8.55. The van der Waals surface area contributed by atoms with Gasteiger partial charge in [-0.2, -0.15) is 0 Å². The molecule has 5 rings (SSSR count). The fraction of sp³-hybridized carbons (Fsp3) is 0.346. The summed E-state index contributed by atoms with van der Waals surface area (Å²) in [6.07, 6.45) is 3.05. The highest BCUT2D eigenvalue weighted by molar-refractivity contribution is 7.98. The van der Waals surface area contributed by atoms with Gasteiger partial charge in [0.2, 0.25) is 5.91 Å². The van der Waals surface area contributed by atoms with Crippen molar-refractivity contribution in [2.24, 2.45) is 0 Å². The summed E-state index contributed by atoms with van der Waals surface area (Å²) in [5, 5.41) is 5.28. The molecule has 2 aromatic heterocycles. The number of carbonyl (C=O) groups excluding carboxylic acids is 1. The van der Waals surface area contributed by atoms with Gasteiger partial charge in [0.25, 0.3) is 5.56 Å². The van der Waals surface area contributed by atoms with Crippen molar-refractivity contribution in [3.63, 3.8) is 0 Å². The normalized spacial score (nSPS) is 15.7. The molecule has 1 saturated heterocycles. The minimum absolute atomic E-state index is 0.0188. The first-order valence-corrected chi connectivity index (χ1v) is 13.9. The third-order valence-electron chi connectivity index (χ3n) is 6.10. The zero-order valence-corrected chi connectivity index (χ0v) is 21.6. The Hall–Kier alpha value is -2.39. The average Bonchev–Trinajstić information content (AvgIpc) is 3.52. The number of hydrogen-bond donors (Lipinski definition) is 1. The van der Waals surface area contributed by atoms with Crippen LogP contribution in [-0.4, -0.2) is 34.7 Å². The monoisotopic (exact) mass is 527 g/mol. The molecule has 1 atom stereocenters. The van der Waals surface area contributed by atoms with Gasteiger partial charge in [-0.05, 0) is 37.0 Å². The molecule has 0 radical (unpaired) electrons. The van der Waals surface area contributed by atoms with Gasteiger partial charge in [0.05, 0.1) is 11.6 Å². The van der Waals surface area contributed by atoms with E-state index in [2.05, 4.69) is 5.32 Å². The van der Waals surface area contributed by atoms with Gasteiger partial charge in [0.1, 0.15) is 4.70 Å². The van der Waals surface area contributed by atoms with Crippen LogP contribution in [0.15, 0.2) is 58.5 Å². The molecule has 9 heteroatoms. The highest BCUT2D eigenvalue weighted by atomic mass is 35.5. The summed E-state index contributed by atoms with van der Waals surface area (Å²) in [6, 6.07) is 15.7. The molecule has 1 N–H and O–H groups in total. The van der Waals surface area contributed by atoms with E-state index in [0.717, 1.165) is 40.6 Å². The largest absolute Gasteiger partial charge is 0.376 e. The van der Waals surface area contributed by atoms with E-state index in [9.17, 15) is 9.59 Å². The maximum atomic E-state index is 13.5. The number of carbonyl (C=O) groups is 1. The second kappa shape index (κ2) is 11.1. The van der Waals surface area contributed by atoms with Crippen LogP contribution in [0.25, 0.3) is 20.3 Å². The van der Waals surface area contributed by atoms with Crippen molar-refractivity contribution >= 4 is 60.9 Å². The molecular formula is C26H26ClN3O3S2. The van der Waals surface area contributed by atoms with E-state index in [0.29, 0.717) is 46.6 Å². The Kier molecular flexibility index (Phi) is 7.72. The van der Waals surface area contributed by atoms with Gasteiger partial charge in [-0.25, -0.2) is 4.98 Å². The highest BCUT2D eigenvalue weighted by Crippen LogP contribution is 2.33. The Bertz CT molecular complexity index is 1410. The third-order valence-corrected chi connectivity index (χ3v) is 8.64. The summed E-state index contributed by atoms with van der Waals surface area (Å²) in [5.41, 5.74) is 1.67. The molecule has 1 amide bonds. The van der Waals surface area contributed by atoms with Gasteiger partial charge in [-0.1, -0.05) is 59.8 Å². The Morgan fingerprint density at radius 3 is 2.89 bits per heavy atom. The van der Waals surface area contributed by atoms with E-state index in [4.69, 9.17) is 21.3 Å². The molecule has 182 valence electrons. The highest BCUT2D eigenvalue weighted by Gasteiger charge is 2.18.